The molecule has 0 bridgehead atoms. The first kappa shape index (κ1) is 28.0. The van der Waals surface area contributed by atoms with Crippen molar-refractivity contribution in [3.8, 4) is 11.5 Å². The number of aliphatic hydroxyl groups is 9. The van der Waals surface area contributed by atoms with E-state index in [-0.39, 0.29) is 5.75 Å². The minimum atomic E-state index is -3.59. The monoisotopic (exact) mass is 492 g/mol. The number of carbonyl (C=O) groups is 2. The lowest BCUT2D eigenvalue weighted by atomic mass is 9.74. The third kappa shape index (κ3) is 4.92. The Morgan fingerprint density at radius 2 is 1.71 bits per heavy atom. The van der Waals surface area contributed by atoms with Crippen molar-refractivity contribution >= 4 is 11.6 Å². The van der Waals surface area contributed by atoms with Crippen LogP contribution in [-0.4, -0.2) is 137 Å². The van der Waals surface area contributed by atoms with Crippen LogP contribution in [0, 0.1) is 0 Å². The number of hydrogen-bond donors (Lipinski definition) is 10. The number of Topliss-reactive ketones (excluding diaryl/α,β-unsaturated/α-hetero) is 2. The van der Waals surface area contributed by atoms with Gasteiger partial charge >= 0.3 is 0 Å². The van der Waals surface area contributed by atoms with Crippen molar-refractivity contribution in [2.75, 3.05) is 20.3 Å². The first-order valence-electron chi connectivity index (χ1n) is 10.0. The minimum absolute atomic E-state index is 0.244. The zero-order valence-electron chi connectivity index (χ0n) is 17.9. The second-order valence-corrected chi connectivity index (χ2v) is 7.81. The van der Waals surface area contributed by atoms with Crippen LogP contribution in [0.4, 0.5) is 0 Å². The number of benzene rings is 1. The van der Waals surface area contributed by atoms with Crippen molar-refractivity contribution in [3.63, 3.8) is 0 Å². The number of phenolic OH excluding ortho intramolecular Hbond substituents is 1. The molecule has 10 N–H and O–H groups in total. The molecule has 1 unspecified atom stereocenters. The van der Waals surface area contributed by atoms with Crippen LogP contribution >= 0.6 is 0 Å². The zero-order valence-corrected chi connectivity index (χ0v) is 17.9. The summed E-state index contributed by atoms with van der Waals surface area (Å²) in [6.45, 7) is -2.15. The van der Waals surface area contributed by atoms with Gasteiger partial charge in [-0.25, -0.2) is 0 Å². The normalized spacial score (nSPS) is 29.5. The van der Waals surface area contributed by atoms with Gasteiger partial charge in [-0.1, -0.05) is 0 Å². The summed E-state index contributed by atoms with van der Waals surface area (Å²) in [6, 6.07) is 2.85. The fourth-order valence-corrected chi connectivity index (χ4v) is 3.61. The number of methoxy groups -OCH3 is 1. The van der Waals surface area contributed by atoms with E-state index in [1.54, 1.807) is 0 Å². The molecular formula is C20H28O14. The number of carbonyl (C=O) groups excluding carboxylic acids is 2. The lowest BCUT2D eigenvalue weighted by molar-refractivity contribution is -0.285. The molecule has 1 aliphatic heterocycles. The molecule has 0 amide bonds. The molecule has 192 valence electrons. The Bertz CT molecular complexity index is 875. The molecule has 0 aliphatic carbocycles. The molecule has 9 atom stereocenters. The molecular weight excluding hydrogens is 464 g/mol. The summed E-state index contributed by atoms with van der Waals surface area (Å²) in [7, 11) is 1.14. The molecule has 14 nitrogen and oxygen atoms in total. The fraction of sp³-hybridized carbons (Fsp3) is 0.600. The molecule has 1 aromatic rings. The Morgan fingerprint density at radius 1 is 1.09 bits per heavy atom. The molecule has 1 aliphatic rings. The van der Waals surface area contributed by atoms with Gasteiger partial charge in [-0.2, -0.15) is 0 Å². The number of phenols is 1. The molecule has 0 spiro atoms. The van der Waals surface area contributed by atoms with Crippen molar-refractivity contribution in [2.24, 2.45) is 0 Å². The highest BCUT2D eigenvalue weighted by Crippen LogP contribution is 2.35. The number of aliphatic hydroxyl groups excluding tert-OH is 8. The van der Waals surface area contributed by atoms with Crippen LogP contribution in [0.1, 0.15) is 10.4 Å². The lowest BCUT2D eigenvalue weighted by Crippen LogP contribution is -2.73. The summed E-state index contributed by atoms with van der Waals surface area (Å²) in [5, 5.41) is 100. The van der Waals surface area contributed by atoms with Gasteiger partial charge < -0.3 is 60.5 Å². The van der Waals surface area contributed by atoms with E-state index in [9.17, 15) is 55.5 Å². The van der Waals surface area contributed by atoms with Gasteiger partial charge in [-0.05, 0) is 18.2 Å². The second-order valence-electron chi connectivity index (χ2n) is 7.81. The SMILES string of the molecule is COc1cc(C(=O)C(=O)[C@@](O)(C2O[C@H](CO)[C@@H](O)[C@H](O)[C@H]2O)[C@@H](O)[C@H](O)[C@H](O)CO)ccc1O. The van der Waals surface area contributed by atoms with E-state index in [0.717, 1.165) is 25.3 Å². The van der Waals surface area contributed by atoms with Crippen LogP contribution in [0.3, 0.4) is 0 Å². The number of rotatable bonds is 10. The van der Waals surface area contributed by atoms with E-state index in [0.29, 0.717) is 0 Å². The van der Waals surface area contributed by atoms with Crippen molar-refractivity contribution in [1.29, 1.82) is 0 Å². The topological polar surface area (TPSA) is 255 Å². The number of ketones is 2. The average Bonchev–Trinajstić information content (AvgIpc) is 2.84. The summed E-state index contributed by atoms with van der Waals surface area (Å²) in [5.41, 5.74) is -4.07. The maximum absolute atomic E-state index is 13.2. The van der Waals surface area contributed by atoms with Crippen molar-refractivity contribution in [3.05, 3.63) is 23.8 Å². The maximum Gasteiger partial charge on any atom is 0.240 e. The third-order valence-electron chi connectivity index (χ3n) is 5.69. The molecule has 34 heavy (non-hydrogen) atoms. The fourth-order valence-electron chi connectivity index (χ4n) is 3.61. The number of ether oxygens (including phenoxy) is 2. The molecule has 2 rings (SSSR count). The van der Waals surface area contributed by atoms with Gasteiger partial charge in [0.25, 0.3) is 0 Å². The van der Waals surface area contributed by atoms with Crippen LogP contribution in [0.2, 0.25) is 0 Å². The maximum atomic E-state index is 13.2. The Morgan fingerprint density at radius 3 is 2.24 bits per heavy atom. The largest absolute Gasteiger partial charge is 0.504 e. The Kier molecular flexibility index (Phi) is 9.06. The predicted molar refractivity (Wildman–Crippen MR) is 108 cm³/mol. The first-order chi connectivity index (χ1) is 15.9. The van der Waals surface area contributed by atoms with Crippen LogP contribution in [-0.2, 0) is 9.53 Å². The van der Waals surface area contributed by atoms with Gasteiger partial charge in [0.05, 0.1) is 20.3 Å². The van der Waals surface area contributed by atoms with E-state index in [2.05, 4.69) is 0 Å². The lowest BCUT2D eigenvalue weighted by Gasteiger charge is -2.48. The van der Waals surface area contributed by atoms with Crippen LogP contribution in [0.15, 0.2) is 18.2 Å². The van der Waals surface area contributed by atoms with E-state index in [1.165, 1.54) is 0 Å². The number of aromatic hydroxyl groups is 1. The smallest absolute Gasteiger partial charge is 0.240 e. The van der Waals surface area contributed by atoms with Gasteiger partial charge in [0.2, 0.25) is 11.6 Å². The Labute approximate surface area is 192 Å². The molecule has 1 aromatic carbocycles. The average molecular weight is 492 g/mol. The summed E-state index contributed by atoms with van der Waals surface area (Å²) in [4.78, 5) is 26.2. The first-order valence-corrected chi connectivity index (χ1v) is 10.0. The summed E-state index contributed by atoms with van der Waals surface area (Å²) in [5.74, 6) is -4.09. The Hall–Kier alpha value is -2.24. The highest BCUT2D eigenvalue weighted by Gasteiger charge is 2.62. The highest BCUT2D eigenvalue weighted by molar-refractivity contribution is 6.46. The molecule has 0 aromatic heterocycles. The van der Waals surface area contributed by atoms with Crippen molar-refractivity contribution in [2.45, 2.75) is 54.4 Å². The number of hydrogen-bond acceptors (Lipinski definition) is 14. The molecule has 1 fully saturated rings. The van der Waals surface area contributed by atoms with Gasteiger partial charge in [0.15, 0.2) is 17.1 Å². The molecule has 0 saturated carbocycles. The van der Waals surface area contributed by atoms with Crippen LogP contribution in [0.5, 0.6) is 11.5 Å². The molecule has 0 radical (unpaired) electrons. The van der Waals surface area contributed by atoms with Crippen LogP contribution in [0.25, 0.3) is 0 Å². The summed E-state index contributed by atoms with van der Waals surface area (Å²) >= 11 is 0. The predicted octanol–water partition coefficient (Wildman–Crippen LogP) is -5.20. The zero-order chi connectivity index (χ0) is 26.0. The molecule has 1 heterocycles. The molecule has 14 heteroatoms. The van der Waals surface area contributed by atoms with Crippen LogP contribution < -0.4 is 4.74 Å². The highest BCUT2D eigenvalue weighted by atomic mass is 16.6. The van der Waals surface area contributed by atoms with E-state index >= 15 is 0 Å². The van der Waals surface area contributed by atoms with Crippen molar-refractivity contribution in [1.82, 2.24) is 0 Å². The quantitative estimate of drug-likeness (QED) is 0.108. The van der Waals surface area contributed by atoms with E-state index < -0.39 is 90.5 Å². The summed E-state index contributed by atoms with van der Waals surface area (Å²) < 4.78 is 9.98. The molecule has 1 saturated heterocycles. The van der Waals surface area contributed by atoms with E-state index in [4.69, 9.17) is 14.6 Å². The van der Waals surface area contributed by atoms with Gasteiger partial charge in [-0.15, -0.1) is 0 Å². The third-order valence-corrected chi connectivity index (χ3v) is 5.69. The minimum Gasteiger partial charge on any atom is -0.504 e. The van der Waals surface area contributed by atoms with E-state index in [1.807, 2.05) is 0 Å². The van der Waals surface area contributed by atoms with Gasteiger partial charge in [0, 0.05) is 5.56 Å². The Balaban J connectivity index is 2.61. The standard InChI is InChI=1S/C20H28O14/c1-33-10-4-7(2-3-8(10)23)12(25)17(30)20(32,18(31)13(26)9(24)5-21)19-16(29)15(28)14(27)11(6-22)34-19/h2-4,9,11,13-16,18-19,21-24,26-29,31-32H,5-6H2,1H3/t9-,11-,13-,14-,15+,16-,18+,19?,20+/m1/s1. The van der Waals surface area contributed by atoms with Gasteiger partial charge in [0.1, 0.15) is 48.8 Å². The second kappa shape index (κ2) is 11.0. The van der Waals surface area contributed by atoms with Gasteiger partial charge in [-0.3, -0.25) is 9.59 Å². The summed E-state index contributed by atoms with van der Waals surface area (Å²) in [6.07, 6.45) is -17.9. The van der Waals surface area contributed by atoms with Crippen molar-refractivity contribution < 1.29 is 70.1 Å².